The molecule has 0 atom stereocenters. The predicted octanol–water partition coefficient (Wildman–Crippen LogP) is 4.71. The van der Waals surface area contributed by atoms with E-state index in [0.29, 0.717) is 21.8 Å². The fourth-order valence-corrected chi connectivity index (χ4v) is 2.97. The van der Waals surface area contributed by atoms with Crippen molar-refractivity contribution in [1.29, 1.82) is 0 Å². The Morgan fingerprint density at radius 2 is 1.53 bits per heavy atom. The average Bonchev–Trinajstić information content (AvgIpc) is 2.51. The number of anilines is 2. The first kappa shape index (κ1) is 12.8. The molecule has 1 saturated carbocycles. The number of nitrogens with one attached hydrogen (secondary N) is 1. The van der Waals surface area contributed by atoms with Crippen LogP contribution >= 0.6 is 23.2 Å². The summed E-state index contributed by atoms with van der Waals surface area (Å²) in [6.07, 6.45) is 7.61. The van der Waals surface area contributed by atoms with Gasteiger partial charge < -0.3 is 11.1 Å². The molecule has 0 heterocycles. The third-order valence-electron chi connectivity index (χ3n) is 3.27. The molecular weight excluding hydrogens is 255 g/mol. The molecule has 17 heavy (non-hydrogen) atoms. The fourth-order valence-electron chi connectivity index (χ4n) is 2.36. The Labute approximate surface area is 112 Å². The Kier molecular flexibility index (Phi) is 4.41. The molecule has 0 radical (unpaired) electrons. The second-order valence-electron chi connectivity index (χ2n) is 4.69. The number of nitrogens with two attached hydrogens (primary N) is 1. The number of hydrogen-bond donors (Lipinski definition) is 2. The van der Waals surface area contributed by atoms with Gasteiger partial charge in [0, 0.05) is 11.7 Å². The molecule has 2 nitrogen and oxygen atoms in total. The molecule has 1 aromatic carbocycles. The lowest BCUT2D eigenvalue weighted by atomic mass is 10.1. The van der Waals surface area contributed by atoms with Crippen molar-refractivity contribution in [2.24, 2.45) is 0 Å². The van der Waals surface area contributed by atoms with Crippen LogP contribution in [0.2, 0.25) is 10.0 Å². The molecule has 2 rings (SSSR count). The van der Waals surface area contributed by atoms with E-state index < -0.39 is 0 Å². The van der Waals surface area contributed by atoms with Crippen LogP contribution in [0, 0.1) is 0 Å². The van der Waals surface area contributed by atoms with Gasteiger partial charge in [0.05, 0.1) is 15.7 Å². The van der Waals surface area contributed by atoms with E-state index in [1.54, 1.807) is 12.1 Å². The first-order chi connectivity index (χ1) is 8.16. The molecule has 1 aliphatic rings. The molecule has 1 aliphatic carbocycles. The van der Waals surface area contributed by atoms with E-state index in [9.17, 15) is 0 Å². The lowest BCUT2D eigenvalue weighted by Gasteiger charge is -2.19. The topological polar surface area (TPSA) is 38.0 Å². The van der Waals surface area contributed by atoms with E-state index in [1.807, 2.05) is 0 Å². The van der Waals surface area contributed by atoms with Crippen LogP contribution in [0.4, 0.5) is 11.4 Å². The van der Waals surface area contributed by atoms with Gasteiger partial charge in [0.2, 0.25) is 0 Å². The quantitative estimate of drug-likeness (QED) is 0.605. The number of rotatable bonds is 2. The van der Waals surface area contributed by atoms with Gasteiger partial charge in [-0.05, 0) is 25.0 Å². The molecule has 0 spiro atoms. The summed E-state index contributed by atoms with van der Waals surface area (Å²) < 4.78 is 0. The Morgan fingerprint density at radius 1 is 1.00 bits per heavy atom. The van der Waals surface area contributed by atoms with Crippen molar-refractivity contribution in [3.05, 3.63) is 22.2 Å². The molecule has 0 saturated heterocycles. The highest BCUT2D eigenvalue weighted by molar-refractivity contribution is 6.39. The van der Waals surface area contributed by atoms with Gasteiger partial charge in [0.15, 0.2) is 0 Å². The molecular formula is C13H18Cl2N2. The van der Waals surface area contributed by atoms with Crippen LogP contribution in [-0.4, -0.2) is 6.04 Å². The maximum absolute atomic E-state index is 6.17. The van der Waals surface area contributed by atoms with Gasteiger partial charge in [-0.15, -0.1) is 0 Å². The average molecular weight is 273 g/mol. The largest absolute Gasteiger partial charge is 0.399 e. The van der Waals surface area contributed by atoms with E-state index in [4.69, 9.17) is 28.9 Å². The highest BCUT2D eigenvalue weighted by Gasteiger charge is 2.15. The molecule has 0 amide bonds. The molecule has 0 aliphatic heterocycles. The molecule has 3 N–H and O–H groups in total. The van der Waals surface area contributed by atoms with E-state index in [0.717, 1.165) is 5.69 Å². The third-order valence-corrected chi connectivity index (χ3v) is 3.86. The van der Waals surface area contributed by atoms with E-state index in [2.05, 4.69) is 5.32 Å². The summed E-state index contributed by atoms with van der Waals surface area (Å²) in [5, 5.41) is 4.69. The number of nitrogen functional groups attached to an aromatic ring is 1. The lowest BCUT2D eigenvalue weighted by molar-refractivity contribution is 0.620. The lowest BCUT2D eigenvalue weighted by Crippen LogP contribution is -2.18. The van der Waals surface area contributed by atoms with Crippen molar-refractivity contribution in [2.75, 3.05) is 11.1 Å². The predicted molar refractivity (Wildman–Crippen MR) is 76.0 cm³/mol. The summed E-state index contributed by atoms with van der Waals surface area (Å²) >= 11 is 12.3. The summed E-state index contributed by atoms with van der Waals surface area (Å²) in [6.45, 7) is 0. The standard InChI is InChI=1S/C13H18Cl2N2/c14-11-7-9(16)8-12(15)13(11)17-10-5-3-1-2-4-6-10/h7-8,10,17H,1-6,16H2. The van der Waals surface area contributed by atoms with Gasteiger partial charge in [0.1, 0.15) is 0 Å². The van der Waals surface area contributed by atoms with E-state index >= 15 is 0 Å². The monoisotopic (exact) mass is 272 g/mol. The molecule has 0 bridgehead atoms. The van der Waals surface area contributed by atoms with Crippen LogP contribution in [-0.2, 0) is 0 Å². The summed E-state index contributed by atoms with van der Waals surface area (Å²) in [7, 11) is 0. The van der Waals surface area contributed by atoms with Crippen molar-refractivity contribution < 1.29 is 0 Å². The summed E-state index contributed by atoms with van der Waals surface area (Å²) in [6, 6.07) is 3.97. The van der Waals surface area contributed by atoms with Gasteiger partial charge >= 0.3 is 0 Å². The van der Waals surface area contributed by atoms with Crippen LogP contribution in [0.25, 0.3) is 0 Å². The second-order valence-corrected chi connectivity index (χ2v) is 5.51. The molecule has 1 fully saturated rings. The van der Waals surface area contributed by atoms with Crippen LogP contribution in [0.15, 0.2) is 12.1 Å². The number of benzene rings is 1. The van der Waals surface area contributed by atoms with Crippen molar-refractivity contribution in [3.8, 4) is 0 Å². The molecule has 94 valence electrons. The smallest absolute Gasteiger partial charge is 0.0722 e. The number of halogens is 2. The molecule has 1 aromatic rings. The zero-order chi connectivity index (χ0) is 12.3. The molecule has 0 aromatic heterocycles. The van der Waals surface area contributed by atoms with Crippen LogP contribution in [0.1, 0.15) is 38.5 Å². The minimum absolute atomic E-state index is 0.483. The van der Waals surface area contributed by atoms with Gasteiger partial charge in [0.25, 0.3) is 0 Å². The fraction of sp³-hybridized carbons (Fsp3) is 0.538. The first-order valence-electron chi connectivity index (χ1n) is 6.18. The van der Waals surface area contributed by atoms with Crippen LogP contribution < -0.4 is 11.1 Å². The minimum atomic E-state index is 0.483. The van der Waals surface area contributed by atoms with Gasteiger partial charge in [-0.25, -0.2) is 0 Å². The number of hydrogen-bond acceptors (Lipinski definition) is 2. The van der Waals surface area contributed by atoms with Crippen molar-refractivity contribution in [1.82, 2.24) is 0 Å². The van der Waals surface area contributed by atoms with Gasteiger partial charge in [-0.2, -0.15) is 0 Å². The third kappa shape index (κ3) is 3.43. The zero-order valence-corrected chi connectivity index (χ0v) is 11.3. The molecule has 0 unspecified atom stereocenters. The van der Waals surface area contributed by atoms with Crippen molar-refractivity contribution in [3.63, 3.8) is 0 Å². The van der Waals surface area contributed by atoms with Crippen LogP contribution in [0.5, 0.6) is 0 Å². The Morgan fingerprint density at radius 3 is 2.06 bits per heavy atom. The highest BCUT2D eigenvalue weighted by Crippen LogP contribution is 2.34. The maximum atomic E-state index is 6.17. The van der Waals surface area contributed by atoms with Gasteiger partial charge in [-0.1, -0.05) is 48.9 Å². The first-order valence-corrected chi connectivity index (χ1v) is 6.93. The Hall–Kier alpha value is -0.600. The zero-order valence-electron chi connectivity index (χ0n) is 9.81. The Bertz CT molecular complexity index is 362. The second kappa shape index (κ2) is 5.83. The Balaban J connectivity index is 2.11. The van der Waals surface area contributed by atoms with Crippen molar-refractivity contribution in [2.45, 2.75) is 44.6 Å². The van der Waals surface area contributed by atoms with Gasteiger partial charge in [-0.3, -0.25) is 0 Å². The van der Waals surface area contributed by atoms with Crippen LogP contribution in [0.3, 0.4) is 0 Å². The minimum Gasteiger partial charge on any atom is -0.399 e. The SMILES string of the molecule is Nc1cc(Cl)c(NC2CCCCCC2)c(Cl)c1. The molecule has 4 heteroatoms. The summed E-state index contributed by atoms with van der Waals surface area (Å²) in [4.78, 5) is 0. The summed E-state index contributed by atoms with van der Waals surface area (Å²) in [5.41, 5.74) is 7.12. The van der Waals surface area contributed by atoms with E-state index in [1.165, 1.54) is 38.5 Å². The maximum Gasteiger partial charge on any atom is 0.0722 e. The normalized spacial score (nSPS) is 17.8. The summed E-state index contributed by atoms with van der Waals surface area (Å²) in [5.74, 6) is 0. The van der Waals surface area contributed by atoms with E-state index in [-0.39, 0.29) is 0 Å². The van der Waals surface area contributed by atoms with Crippen molar-refractivity contribution >= 4 is 34.6 Å². The highest BCUT2D eigenvalue weighted by atomic mass is 35.5.